The normalized spacial score (nSPS) is 37.1. The highest BCUT2D eigenvalue weighted by Gasteiger charge is 2.50. The van der Waals surface area contributed by atoms with Crippen LogP contribution in [0.15, 0.2) is 35.5 Å². The van der Waals surface area contributed by atoms with Crippen molar-refractivity contribution in [2.24, 2.45) is 23.2 Å². The first kappa shape index (κ1) is 28.6. The van der Waals surface area contributed by atoms with Crippen molar-refractivity contribution in [1.29, 1.82) is 0 Å². The van der Waals surface area contributed by atoms with E-state index in [4.69, 9.17) is 9.84 Å². The molecule has 5 nitrogen and oxygen atoms in total. The van der Waals surface area contributed by atoms with Gasteiger partial charge in [0.05, 0.1) is 11.7 Å². The number of aliphatic hydroxyl groups excluding tert-OH is 3. The molecular formula is C30H50O5. The van der Waals surface area contributed by atoms with E-state index in [0.717, 1.165) is 36.3 Å². The average molecular weight is 491 g/mol. The minimum Gasteiger partial charge on any atom is -0.396 e. The van der Waals surface area contributed by atoms with Crippen molar-refractivity contribution in [1.82, 2.24) is 0 Å². The second-order valence-corrected chi connectivity index (χ2v) is 12.4. The maximum Gasteiger partial charge on any atom is 0.111 e. The number of ether oxygens (including phenoxy) is 1. The Balaban J connectivity index is 1.71. The Kier molecular flexibility index (Phi) is 9.84. The molecule has 3 aliphatic carbocycles. The molecule has 0 aromatic heterocycles. The largest absolute Gasteiger partial charge is 0.396 e. The summed E-state index contributed by atoms with van der Waals surface area (Å²) in [7, 11) is 0. The van der Waals surface area contributed by atoms with Crippen molar-refractivity contribution in [2.45, 2.75) is 116 Å². The van der Waals surface area contributed by atoms with Crippen molar-refractivity contribution in [3.05, 3.63) is 35.5 Å². The van der Waals surface area contributed by atoms with Gasteiger partial charge in [0, 0.05) is 19.6 Å². The molecule has 0 aromatic carbocycles. The van der Waals surface area contributed by atoms with Crippen LogP contribution in [0.4, 0.5) is 0 Å². The van der Waals surface area contributed by atoms with Crippen molar-refractivity contribution < 1.29 is 25.2 Å². The van der Waals surface area contributed by atoms with Gasteiger partial charge in [-0.25, -0.2) is 0 Å². The number of aliphatic hydroxyl groups is 4. The summed E-state index contributed by atoms with van der Waals surface area (Å²) in [5.74, 6) is 1.98. The van der Waals surface area contributed by atoms with Crippen LogP contribution in [-0.2, 0) is 4.74 Å². The van der Waals surface area contributed by atoms with Crippen LogP contribution < -0.4 is 0 Å². The summed E-state index contributed by atoms with van der Waals surface area (Å²) in [6, 6.07) is 0. The van der Waals surface area contributed by atoms with Crippen LogP contribution >= 0.6 is 0 Å². The van der Waals surface area contributed by atoms with E-state index in [1.165, 1.54) is 37.7 Å². The average Bonchev–Trinajstić information content (AvgIpc) is 3.14. The Morgan fingerprint density at radius 2 is 1.94 bits per heavy atom. The Hall–Kier alpha value is -0.980. The third-order valence-electron chi connectivity index (χ3n) is 9.16. The third kappa shape index (κ3) is 6.87. The van der Waals surface area contributed by atoms with E-state index >= 15 is 0 Å². The molecule has 3 aliphatic rings. The van der Waals surface area contributed by atoms with Gasteiger partial charge in [-0.3, -0.25) is 0 Å². The molecule has 0 bridgehead atoms. The molecule has 0 heterocycles. The van der Waals surface area contributed by atoms with Gasteiger partial charge in [-0.2, -0.15) is 0 Å². The second-order valence-electron chi connectivity index (χ2n) is 12.4. The maximum atomic E-state index is 10.4. The lowest BCUT2D eigenvalue weighted by atomic mass is 9.60. The quantitative estimate of drug-likeness (QED) is 0.321. The predicted molar refractivity (Wildman–Crippen MR) is 141 cm³/mol. The van der Waals surface area contributed by atoms with Gasteiger partial charge in [-0.1, -0.05) is 51.0 Å². The smallest absolute Gasteiger partial charge is 0.111 e. The number of hydrogen-bond acceptors (Lipinski definition) is 5. The highest BCUT2D eigenvalue weighted by molar-refractivity contribution is 5.40. The summed E-state index contributed by atoms with van der Waals surface area (Å²) in [6.07, 6.45) is 12.0. The maximum absolute atomic E-state index is 10.4. The van der Waals surface area contributed by atoms with E-state index in [9.17, 15) is 15.3 Å². The van der Waals surface area contributed by atoms with Crippen LogP contribution in [0, 0.1) is 23.2 Å². The van der Waals surface area contributed by atoms with Gasteiger partial charge >= 0.3 is 0 Å². The molecule has 4 N–H and O–H groups in total. The van der Waals surface area contributed by atoms with Crippen molar-refractivity contribution in [3.8, 4) is 0 Å². The molecule has 3 rings (SSSR count). The molecule has 35 heavy (non-hydrogen) atoms. The number of allylic oxidation sites excluding steroid dienone is 3. The fourth-order valence-electron chi connectivity index (χ4n) is 7.20. The first-order chi connectivity index (χ1) is 16.5. The Morgan fingerprint density at radius 3 is 2.63 bits per heavy atom. The van der Waals surface area contributed by atoms with Crippen LogP contribution in [0.25, 0.3) is 0 Å². The number of hydrogen-bond donors (Lipinski definition) is 4. The Morgan fingerprint density at radius 1 is 1.20 bits per heavy atom. The summed E-state index contributed by atoms with van der Waals surface area (Å²) in [5, 5.41) is 40.0. The standard InChI is InChI=1S/C30H50O5/c1-20(9-6-15-29(3,4)34)24-13-14-25-22(10-7-16-30(24,25)5)11-12-23-19-26(32)27(33)28(21(23)2)35-18-8-17-31/h11-12,20,24-28,31-34H,2,6-10,13-19H2,1,3-5H3/b22-11?,23-12-/t20-,24-,25+,26-,27+,28+,30-/m1/s1. The fourth-order valence-corrected chi connectivity index (χ4v) is 7.20. The molecule has 0 amide bonds. The lowest BCUT2D eigenvalue weighted by Gasteiger charge is -2.44. The van der Waals surface area contributed by atoms with Crippen LogP contribution in [0.2, 0.25) is 0 Å². The molecule has 200 valence electrons. The van der Waals surface area contributed by atoms with Crippen molar-refractivity contribution in [3.63, 3.8) is 0 Å². The molecule has 0 saturated heterocycles. The van der Waals surface area contributed by atoms with E-state index in [2.05, 4.69) is 32.6 Å². The molecule has 0 radical (unpaired) electrons. The lowest BCUT2D eigenvalue weighted by molar-refractivity contribution is -0.0832. The molecule has 0 unspecified atom stereocenters. The molecule has 5 heteroatoms. The summed E-state index contributed by atoms with van der Waals surface area (Å²) in [5.41, 5.74) is 2.95. The highest BCUT2D eigenvalue weighted by atomic mass is 16.5. The van der Waals surface area contributed by atoms with Gasteiger partial charge in [-0.05, 0) is 93.1 Å². The predicted octanol–water partition coefficient (Wildman–Crippen LogP) is 5.08. The molecule has 0 spiro atoms. The van der Waals surface area contributed by atoms with E-state index in [0.29, 0.717) is 36.7 Å². The Bertz CT molecular complexity index is 778. The minimum absolute atomic E-state index is 0.0336. The number of rotatable bonds is 10. The van der Waals surface area contributed by atoms with Gasteiger partial charge < -0.3 is 25.2 Å². The molecule has 0 aliphatic heterocycles. The monoisotopic (exact) mass is 490 g/mol. The van der Waals surface area contributed by atoms with Crippen LogP contribution in [0.3, 0.4) is 0 Å². The summed E-state index contributed by atoms with van der Waals surface area (Å²) in [4.78, 5) is 0. The minimum atomic E-state index is -0.988. The SMILES string of the molecule is C=C1/C(=C\C=C2CCC[C@]3(C)[C@@H]([C@H](C)CCCC(C)(C)O)CC[C@@H]23)C[C@@H](O)[C@H](O)[C@H]1OCCCO. The second kappa shape index (κ2) is 12.0. The van der Waals surface area contributed by atoms with Gasteiger partial charge in [0.2, 0.25) is 0 Å². The number of fused-ring (bicyclic) bond motifs is 1. The van der Waals surface area contributed by atoms with Gasteiger partial charge in [0.1, 0.15) is 12.2 Å². The summed E-state index contributed by atoms with van der Waals surface area (Å²) < 4.78 is 5.77. The van der Waals surface area contributed by atoms with E-state index in [1.54, 1.807) is 0 Å². The Labute approximate surface area is 213 Å². The van der Waals surface area contributed by atoms with Gasteiger partial charge in [0.25, 0.3) is 0 Å². The zero-order chi connectivity index (χ0) is 25.8. The third-order valence-corrected chi connectivity index (χ3v) is 9.16. The van der Waals surface area contributed by atoms with Crippen LogP contribution in [-0.4, -0.2) is 57.6 Å². The topological polar surface area (TPSA) is 90.2 Å². The molecule has 3 saturated carbocycles. The van der Waals surface area contributed by atoms with Crippen molar-refractivity contribution >= 4 is 0 Å². The first-order valence-corrected chi connectivity index (χ1v) is 13.9. The van der Waals surface area contributed by atoms with Crippen molar-refractivity contribution in [2.75, 3.05) is 13.2 Å². The van der Waals surface area contributed by atoms with Gasteiger partial charge in [-0.15, -0.1) is 0 Å². The van der Waals surface area contributed by atoms with Crippen LogP contribution in [0.1, 0.15) is 91.9 Å². The fraction of sp³-hybridized carbons (Fsp3) is 0.800. The van der Waals surface area contributed by atoms with E-state index < -0.39 is 23.9 Å². The molecular weight excluding hydrogens is 440 g/mol. The summed E-state index contributed by atoms with van der Waals surface area (Å²) >= 11 is 0. The van der Waals surface area contributed by atoms with Crippen LogP contribution in [0.5, 0.6) is 0 Å². The lowest BCUT2D eigenvalue weighted by Crippen LogP contribution is -2.45. The zero-order valence-corrected chi connectivity index (χ0v) is 22.5. The summed E-state index contributed by atoms with van der Waals surface area (Å²) in [6.45, 7) is 13.3. The molecule has 0 aromatic rings. The van der Waals surface area contributed by atoms with Gasteiger partial charge in [0.15, 0.2) is 0 Å². The molecule has 3 fully saturated rings. The zero-order valence-electron chi connectivity index (χ0n) is 22.5. The van der Waals surface area contributed by atoms with E-state index in [-0.39, 0.29) is 6.61 Å². The molecule has 7 atom stereocenters. The van der Waals surface area contributed by atoms with E-state index in [1.807, 2.05) is 13.8 Å². The highest BCUT2D eigenvalue weighted by Crippen LogP contribution is 2.60. The first-order valence-electron chi connectivity index (χ1n) is 13.9.